The molecule has 0 unspecified atom stereocenters. The number of primary amides is 1. The highest BCUT2D eigenvalue weighted by Gasteiger charge is 2.26. The van der Waals surface area contributed by atoms with Crippen LogP contribution in [0.3, 0.4) is 0 Å². The molecule has 1 aliphatic heterocycles. The zero-order valence-corrected chi connectivity index (χ0v) is 14.4. The normalized spacial score (nSPS) is 17.5. The number of hydrogen-bond donors (Lipinski definition) is 1. The van der Waals surface area contributed by atoms with E-state index >= 15 is 0 Å². The van der Waals surface area contributed by atoms with E-state index in [1.807, 2.05) is 40.1 Å². The first-order valence-electron chi connectivity index (χ1n) is 8.11. The molecule has 1 aromatic carbocycles. The molecule has 0 spiro atoms. The predicted molar refractivity (Wildman–Crippen MR) is 93.2 cm³/mol. The van der Waals surface area contributed by atoms with Crippen molar-refractivity contribution in [2.75, 3.05) is 32.7 Å². The Morgan fingerprint density at radius 1 is 1.17 bits per heavy atom. The van der Waals surface area contributed by atoms with Gasteiger partial charge in [0, 0.05) is 31.1 Å². The third-order valence-electron chi connectivity index (χ3n) is 3.95. The summed E-state index contributed by atoms with van der Waals surface area (Å²) in [6.07, 6.45) is 1.69. The third-order valence-corrected chi connectivity index (χ3v) is 5.31. The van der Waals surface area contributed by atoms with Crippen LogP contribution in [0.4, 0.5) is 0 Å². The molecule has 5 nitrogen and oxygen atoms in total. The second-order valence-corrected chi connectivity index (χ2v) is 7.03. The van der Waals surface area contributed by atoms with Crippen molar-refractivity contribution < 1.29 is 9.59 Å². The molecule has 0 radical (unpaired) electrons. The van der Waals surface area contributed by atoms with Gasteiger partial charge in [0.15, 0.2) is 0 Å². The SMILES string of the molecule is CC[C@@H](Sc1ccccc1)C(=O)N1CCCN(CC(N)=O)CC1. The van der Waals surface area contributed by atoms with Crippen LogP contribution in [0, 0.1) is 0 Å². The lowest BCUT2D eigenvalue weighted by molar-refractivity contribution is -0.130. The number of carbonyl (C=O) groups is 2. The number of thioether (sulfide) groups is 1. The zero-order chi connectivity index (χ0) is 16.7. The van der Waals surface area contributed by atoms with Crippen molar-refractivity contribution in [1.29, 1.82) is 0 Å². The summed E-state index contributed by atoms with van der Waals surface area (Å²) in [4.78, 5) is 28.9. The van der Waals surface area contributed by atoms with Gasteiger partial charge in [0.05, 0.1) is 11.8 Å². The van der Waals surface area contributed by atoms with Crippen LogP contribution in [0.2, 0.25) is 0 Å². The minimum absolute atomic E-state index is 0.0555. The quantitative estimate of drug-likeness (QED) is 0.802. The first kappa shape index (κ1) is 17.8. The van der Waals surface area contributed by atoms with Gasteiger partial charge in [0.1, 0.15) is 0 Å². The summed E-state index contributed by atoms with van der Waals surface area (Å²) < 4.78 is 0. The number of nitrogens with zero attached hydrogens (tertiary/aromatic N) is 2. The van der Waals surface area contributed by atoms with E-state index in [2.05, 4.69) is 6.92 Å². The van der Waals surface area contributed by atoms with E-state index in [-0.39, 0.29) is 23.6 Å². The van der Waals surface area contributed by atoms with Crippen molar-refractivity contribution in [1.82, 2.24) is 9.80 Å². The molecule has 126 valence electrons. The first-order valence-corrected chi connectivity index (χ1v) is 8.99. The molecule has 0 saturated carbocycles. The molecule has 2 amide bonds. The van der Waals surface area contributed by atoms with Gasteiger partial charge in [0.2, 0.25) is 11.8 Å². The van der Waals surface area contributed by atoms with Crippen LogP contribution >= 0.6 is 11.8 Å². The Labute approximate surface area is 142 Å². The summed E-state index contributed by atoms with van der Waals surface area (Å²) in [5, 5.41) is -0.0555. The summed E-state index contributed by atoms with van der Waals surface area (Å²) in [5.74, 6) is -0.113. The monoisotopic (exact) mass is 335 g/mol. The van der Waals surface area contributed by atoms with Crippen LogP contribution in [0.1, 0.15) is 19.8 Å². The second kappa shape index (κ2) is 8.93. The molecule has 1 saturated heterocycles. The number of benzene rings is 1. The summed E-state index contributed by atoms with van der Waals surface area (Å²) in [6.45, 7) is 5.27. The molecule has 1 fully saturated rings. The third kappa shape index (κ3) is 5.55. The van der Waals surface area contributed by atoms with Crippen LogP contribution in [0.5, 0.6) is 0 Å². The number of rotatable bonds is 6. The largest absolute Gasteiger partial charge is 0.369 e. The van der Waals surface area contributed by atoms with Crippen molar-refractivity contribution in [2.24, 2.45) is 5.73 Å². The summed E-state index contributed by atoms with van der Waals surface area (Å²) in [6, 6.07) is 10.0. The Balaban J connectivity index is 1.93. The molecule has 2 rings (SSSR count). The number of carbonyl (C=O) groups excluding carboxylic acids is 2. The molecular weight excluding hydrogens is 310 g/mol. The van der Waals surface area contributed by atoms with Gasteiger partial charge in [-0.05, 0) is 25.0 Å². The lowest BCUT2D eigenvalue weighted by Gasteiger charge is -2.25. The van der Waals surface area contributed by atoms with E-state index in [9.17, 15) is 9.59 Å². The van der Waals surface area contributed by atoms with Gasteiger partial charge in [-0.15, -0.1) is 11.8 Å². The van der Waals surface area contributed by atoms with Crippen molar-refractivity contribution in [3.8, 4) is 0 Å². The van der Waals surface area contributed by atoms with Crippen LogP contribution in [-0.2, 0) is 9.59 Å². The molecule has 1 heterocycles. The summed E-state index contributed by atoms with van der Waals surface area (Å²) >= 11 is 1.63. The average Bonchev–Trinajstić information content (AvgIpc) is 2.78. The highest BCUT2D eigenvalue weighted by atomic mass is 32.2. The fourth-order valence-electron chi connectivity index (χ4n) is 2.75. The number of amides is 2. The van der Waals surface area contributed by atoms with Gasteiger partial charge < -0.3 is 10.6 Å². The predicted octanol–water partition coefficient (Wildman–Crippen LogP) is 1.58. The van der Waals surface area contributed by atoms with Crippen LogP contribution in [0.15, 0.2) is 35.2 Å². The molecule has 0 aromatic heterocycles. The van der Waals surface area contributed by atoms with Crippen molar-refractivity contribution in [2.45, 2.75) is 29.9 Å². The number of nitrogens with two attached hydrogens (primary N) is 1. The Morgan fingerprint density at radius 3 is 2.57 bits per heavy atom. The molecule has 2 N–H and O–H groups in total. The Morgan fingerprint density at radius 2 is 1.91 bits per heavy atom. The minimum Gasteiger partial charge on any atom is -0.369 e. The maximum Gasteiger partial charge on any atom is 0.236 e. The molecule has 23 heavy (non-hydrogen) atoms. The standard InChI is InChI=1S/C17H25N3O2S/c1-2-15(23-14-7-4-3-5-8-14)17(22)20-10-6-9-19(11-12-20)13-16(18)21/h3-5,7-8,15H,2,6,9-13H2,1H3,(H2,18,21)/t15-/m1/s1. The second-order valence-electron chi connectivity index (χ2n) is 5.75. The summed E-state index contributed by atoms with van der Waals surface area (Å²) in [7, 11) is 0. The van der Waals surface area contributed by atoms with Gasteiger partial charge in [-0.3, -0.25) is 14.5 Å². The maximum absolute atomic E-state index is 12.8. The molecule has 1 aromatic rings. The molecular formula is C17H25N3O2S. The molecule has 0 aliphatic carbocycles. The Hall–Kier alpha value is -1.53. The van der Waals surface area contributed by atoms with Gasteiger partial charge in [0.25, 0.3) is 0 Å². The van der Waals surface area contributed by atoms with Crippen molar-refractivity contribution in [3.63, 3.8) is 0 Å². The fourth-order valence-corrected chi connectivity index (χ4v) is 3.80. The molecule has 1 atom stereocenters. The Kier molecular flexibility index (Phi) is 6.92. The highest BCUT2D eigenvalue weighted by Crippen LogP contribution is 2.26. The van der Waals surface area contributed by atoms with E-state index in [1.165, 1.54) is 0 Å². The maximum atomic E-state index is 12.8. The first-order chi connectivity index (χ1) is 11.1. The van der Waals surface area contributed by atoms with Crippen molar-refractivity contribution in [3.05, 3.63) is 30.3 Å². The van der Waals surface area contributed by atoms with Gasteiger partial charge in [-0.25, -0.2) is 0 Å². The molecule has 1 aliphatic rings. The van der Waals surface area contributed by atoms with Crippen LogP contribution < -0.4 is 5.73 Å². The van der Waals surface area contributed by atoms with Gasteiger partial charge in [-0.1, -0.05) is 25.1 Å². The smallest absolute Gasteiger partial charge is 0.236 e. The van der Waals surface area contributed by atoms with E-state index in [4.69, 9.17) is 5.73 Å². The number of hydrogen-bond acceptors (Lipinski definition) is 4. The van der Waals surface area contributed by atoms with E-state index in [1.54, 1.807) is 11.8 Å². The van der Waals surface area contributed by atoms with E-state index in [0.717, 1.165) is 30.8 Å². The van der Waals surface area contributed by atoms with Crippen LogP contribution in [0.25, 0.3) is 0 Å². The zero-order valence-electron chi connectivity index (χ0n) is 13.6. The highest BCUT2D eigenvalue weighted by molar-refractivity contribution is 8.00. The van der Waals surface area contributed by atoms with Gasteiger partial charge >= 0.3 is 0 Å². The molecule has 0 bridgehead atoms. The van der Waals surface area contributed by atoms with E-state index in [0.29, 0.717) is 13.1 Å². The lowest BCUT2D eigenvalue weighted by atomic mass is 10.2. The minimum atomic E-state index is -0.309. The fraction of sp³-hybridized carbons (Fsp3) is 0.529. The van der Waals surface area contributed by atoms with Crippen LogP contribution in [-0.4, -0.2) is 59.6 Å². The van der Waals surface area contributed by atoms with E-state index < -0.39 is 0 Å². The van der Waals surface area contributed by atoms with Gasteiger partial charge in [-0.2, -0.15) is 0 Å². The van der Waals surface area contributed by atoms with Crippen molar-refractivity contribution >= 4 is 23.6 Å². The molecule has 6 heteroatoms. The summed E-state index contributed by atoms with van der Waals surface area (Å²) in [5.41, 5.74) is 5.26. The lowest BCUT2D eigenvalue weighted by Crippen LogP contribution is -2.41. The topological polar surface area (TPSA) is 66.6 Å². The Bertz CT molecular complexity index is 524. The average molecular weight is 335 g/mol.